The molecule has 1 N–H and O–H groups in total. The molecule has 0 radical (unpaired) electrons. The van der Waals surface area contributed by atoms with Crippen LogP contribution in [0.25, 0.3) is 0 Å². The van der Waals surface area contributed by atoms with E-state index in [1.165, 1.54) is 19.3 Å². The lowest BCUT2D eigenvalue weighted by atomic mass is 9.92. The fraction of sp³-hybridized carbons (Fsp3) is 1.00. The second kappa shape index (κ2) is 5.13. The molecular formula is C12H25NO. The molecule has 14 heavy (non-hydrogen) atoms. The molecule has 0 spiro atoms. The van der Waals surface area contributed by atoms with Crippen LogP contribution in [0.3, 0.4) is 0 Å². The minimum Gasteiger partial charge on any atom is -0.383 e. The summed E-state index contributed by atoms with van der Waals surface area (Å²) in [5.74, 6) is 0. The van der Waals surface area contributed by atoms with Gasteiger partial charge in [0.05, 0.1) is 6.61 Å². The van der Waals surface area contributed by atoms with Crippen LogP contribution in [0.2, 0.25) is 0 Å². The standard InChI is InChI=1S/C12H25NO/c1-5-10(9-14-4)13-11-6-7-12(2,3)8-11/h10-11,13H,5-9H2,1-4H3. The van der Waals surface area contributed by atoms with Crippen molar-refractivity contribution in [3.63, 3.8) is 0 Å². The SMILES string of the molecule is CCC(COC)NC1CCC(C)(C)C1. The van der Waals surface area contributed by atoms with Gasteiger partial charge >= 0.3 is 0 Å². The molecule has 0 heterocycles. The minimum atomic E-state index is 0.541. The summed E-state index contributed by atoms with van der Waals surface area (Å²) < 4.78 is 5.19. The molecule has 0 aromatic carbocycles. The highest BCUT2D eigenvalue weighted by Crippen LogP contribution is 2.37. The van der Waals surface area contributed by atoms with Crippen LogP contribution in [0.15, 0.2) is 0 Å². The summed E-state index contributed by atoms with van der Waals surface area (Å²) >= 11 is 0. The van der Waals surface area contributed by atoms with Crippen LogP contribution in [-0.2, 0) is 4.74 Å². The van der Waals surface area contributed by atoms with Gasteiger partial charge in [-0.2, -0.15) is 0 Å². The topological polar surface area (TPSA) is 21.3 Å². The number of ether oxygens (including phenoxy) is 1. The molecule has 0 aromatic rings. The Morgan fingerprint density at radius 3 is 2.64 bits per heavy atom. The number of rotatable bonds is 5. The van der Waals surface area contributed by atoms with Crippen LogP contribution < -0.4 is 5.32 Å². The summed E-state index contributed by atoms with van der Waals surface area (Å²) in [6, 6.07) is 1.25. The Morgan fingerprint density at radius 2 is 2.21 bits per heavy atom. The third kappa shape index (κ3) is 3.58. The van der Waals surface area contributed by atoms with E-state index >= 15 is 0 Å². The second-order valence-corrected chi connectivity index (χ2v) is 5.33. The molecule has 84 valence electrons. The van der Waals surface area contributed by atoms with Gasteiger partial charge in [-0.05, 0) is 31.1 Å². The molecule has 0 amide bonds. The van der Waals surface area contributed by atoms with Crippen molar-refractivity contribution in [2.75, 3.05) is 13.7 Å². The first-order chi connectivity index (χ1) is 6.57. The van der Waals surface area contributed by atoms with Crippen molar-refractivity contribution in [1.29, 1.82) is 0 Å². The lowest BCUT2D eigenvalue weighted by molar-refractivity contribution is 0.157. The molecule has 0 aromatic heterocycles. The largest absolute Gasteiger partial charge is 0.383 e. The maximum atomic E-state index is 5.19. The first-order valence-corrected chi connectivity index (χ1v) is 5.82. The lowest BCUT2D eigenvalue weighted by Gasteiger charge is -2.23. The zero-order chi connectivity index (χ0) is 10.6. The van der Waals surface area contributed by atoms with E-state index in [9.17, 15) is 0 Å². The summed E-state index contributed by atoms with van der Waals surface area (Å²) in [6.45, 7) is 7.79. The van der Waals surface area contributed by atoms with Crippen LogP contribution in [0.4, 0.5) is 0 Å². The summed E-state index contributed by atoms with van der Waals surface area (Å²) in [5, 5.41) is 3.70. The molecule has 0 saturated heterocycles. The molecule has 2 unspecified atom stereocenters. The third-order valence-corrected chi connectivity index (χ3v) is 3.30. The number of hydrogen-bond donors (Lipinski definition) is 1. The number of hydrogen-bond acceptors (Lipinski definition) is 2. The Morgan fingerprint density at radius 1 is 1.50 bits per heavy atom. The Balaban J connectivity index is 2.30. The van der Waals surface area contributed by atoms with Gasteiger partial charge in [-0.1, -0.05) is 20.8 Å². The van der Waals surface area contributed by atoms with Gasteiger partial charge < -0.3 is 10.1 Å². The number of methoxy groups -OCH3 is 1. The van der Waals surface area contributed by atoms with Gasteiger partial charge in [-0.3, -0.25) is 0 Å². The van der Waals surface area contributed by atoms with Gasteiger partial charge in [-0.15, -0.1) is 0 Å². The molecule has 2 atom stereocenters. The van der Waals surface area contributed by atoms with Crippen molar-refractivity contribution in [3.8, 4) is 0 Å². The van der Waals surface area contributed by atoms with Crippen LogP contribution in [0.1, 0.15) is 46.5 Å². The van der Waals surface area contributed by atoms with Gasteiger partial charge in [0.2, 0.25) is 0 Å². The van der Waals surface area contributed by atoms with Crippen molar-refractivity contribution in [1.82, 2.24) is 5.32 Å². The first kappa shape index (κ1) is 12.0. The van der Waals surface area contributed by atoms with E-state index < -0.39 is 0 Å². The monoisotopic (exact) mass is 199 g/mol. The Kier molecular flexibility index (Phi) is 4.39. The van der Waals surface area contributed by atoms with Gasteiger partial charge in [0.15, 0.2) is 0 Å². The molecule has 1 saturated carbocycles. The highest BCUT2D eigenvalue weighted by atomic mass is 16.5. The molecule has 0 bridgehead atoms. The van der Waals surface area contributed by atoms with Gasteiger partial charge in [0.1, 0.15) is 0 Å². The Labute approximate surface area is 88.4 Å². The molecule has 1 fully saturated rings. The van der Waals surface area contributed by atoms with Crippen molar-refractivity contribution >= 4 is 0 Å². The van der Waals surface area contributed by atoms with Crippen LogP contribution in [0.5, 0.6) is 0 Å². The van der Waals surface area contributed by atoms with Crippen LogP contribution in [0, 0.1) is 5.41 Å². The Bertz CT molecular complexity index is 168. The highest BCUT2D eigenvalue weighted by molar-refractivity contribution is 4.87. The van der Waals surface area contributed by atoms with E-state index in [0.717, 1.165) is 13.0 Å². The number of nitrogens with one attached hydrogen (secondary N) is 1. The van der Waals surface area contributed by atoms with E-state index in [0.29, 0.717) is 17.5 Å². The average molecular weight is 199 g/mol. The second-order valence-electron chi connectivity index (χ2n) is 5.33. The zero-order valence-electron chi connectivity index (χ0n) is 10.1. The molecular weight excluding hydrogens is 174 g/mol. The predicted molar refractivity (Wildman–Crippen MR) is 60.5 cm³/mol. The smallest absolute Gasteiger partial charge is 0.0615 e. The molecule has 1 aliphatic carbocycles. The fourth-order valence-electron chi connectivity index (χ4n) is 2.40. The summed E-state index contributed by atoms with van der Waals surface area (Å²) in [6.07, 6.45) is 5.15. The van der Waals surface area contributed by atoms with E-state index in [-0.39, 0.29) is 0 Å². The summed E-state index contributed by atoms with van der Waals surface area (Å²) in [5.41, 5.74) is 0.545. The average Bonchev–Trinajstić information content (AvgIpc) is 2.45. The van der Waals surface area contributed by atoms with Crippen LogP contribution in [-0.4, -0.2) is 25.8 Å². The summed E-state index contributed by atoms with van der Waals surface area (Å²) in [4.78, 5) is 0. The van der Waals surface area contributed by atoms with Crippen molar-refractivity contribution < 1.29 is 4.74 Å². The Hall–Kier alpha value is -0.0800. The first-order valence-electron chi connectivity index (χ1n) is 5.82. The van der Waals surface area contributed by atoms with E-state index in [1.54, 1.807) is 7.11 Å². The van der Waals surface area contributed by atoms with Crippen molar-refractivity contribution in [3.05, 3.63) is 0 Å². The highest BCUT2D eigenvalue weighted by Gasteiger charge is 2.31. The predicted octanol–water partition coefficient (Wildman–Crippen LogP) is 2.58. The van der Waals surface area contributed by atoms with E-state index in [1.807, 2.05) is 0 Å². The van der Waals surface area contributed by atoms with Crippen molar-refractivity contribution in [2.24, 2.45) is 5.41 Å². The molecule has 1 rings (SSSR count). The quantitative estimate of drug-likeness (QED) is 0.735. The van der Waals surface area contributed by atoms with Gasteiger partial charge in [0.25, 0.3) is 0 Å². The lowest BCUT2D eigenvalue weighted by Crippen LogP contribution is -2.39. The fourth-order valence-corrected chi connectivity index (χ4v) is 2.40. The summed E-state index contributed by atoms with van der Waals surface area (Å²) in [7, 11) is 1.78. The van der Waals surface area contributed by atoms with Gasteiger partial charge in [0, 0.05) is 19.2 Å². The molecule has 2 nitrogen and oxygen atoms in total. The molecule has 0 aliphatic heterocycles. The maximum Gasteiger partial charge on any atom is 0.0615 e. The maximum absolute atomic E-state index is 5.19. The minimum absolute atomic E-state index is 0.541. The molecule has 1 aliphatic rings. The van der Waals surface area contributed by atoms with Crippen LogP contribution >= 0.6 is 0 Å². The van der Waals surface area contributed by atoms with Gasteiger partial charge in [-0.25, -0.2) is 0 Å². The van der Waals surface area contributed by atoms with E-state index in [2.05, 4.69) is 26.1 Å². The normalized spacial score (nSPS) is 27.9. The zero-order valence-corrected chi connectivity index (χ0v) is 10.1. The van der Waals surface area contributed by atoms with Crippen molar-refractivity contribution in [2.45, 2.75) is 58.5 Å². The third-order valence-electron chi connectivity index (χ3n) is 3.30. The molecule has 2 heteroatoms. The van der Waals surface area contributed by atoms with E-state index in [4.69, 9.17) is 4.74 Å².